The molecule has 0 heterocycles. The molecule has 4 rings (SSSR count). The van der Waals surface area contributed by atoms with Crippen LogP contribution in [0.25, 0.3) is 10.8 Å². The van der Waals surface area contributed by atoms with Crippen LogP contribution in [-0.4, -0.2) is 23.3 Å². The highest BCUT2D eigenvalue weighted by Gasteiger charge is 2.24. The summed E-state index contributed by atoms with van der Waals surface area (Å²) in [5.74, 6) is -0.619. The second kappa shape index (κ2) is 11.2. The maximum atomic E-state index is 12.1. The number of hydrogen-bond acceptors (Lipinski definition) is 14. The van der Waals surface area contributed by atoms with Crippen molar-refractivity contribution in [2.24, 2.45) is 20.5 Å². The number of azo groups is 2. The molecule has 0 saturated heterocycles. The molecular weight excluding hydrogens is 550 g/mol. The molecule has 202 valence electrons. The van der Waals surface area contributed by atoms with Crippen LogP contribution in [-0.2, 0) is 19.5 Å². The van der Waals surface area contributed by atoms with Gasteiger partial charge in [-0.25, -0.2) is 5.26 Å². The average Bonchev–Trinajstić information content (AvgIpc) is 2.88. The van der Waals surface area contributed by atoms with E-state index >= 15 is 0 Å². The summed E-state index contributed by atoms with van der Waals surface area (Å²) >= 11 is 0.598. The number of nitrogen functional groups attached to an aromatic ring is 3. The SMILES string of the molecule is Cc1c(SOOO)cc2cc(S(=O)(=O)O)c(N=Nc3ccc(N=Nc4ccc(N)cc4N)cc3)c(O)c2c1N. The van der Waals surface area contributed by atoms with Crippen LogP contribution in [0.1, 0.15) is 5.56 Å². The van der Waals surface area contributed by atoms with Crippen LogP contribution in [0.2, 0.25) is 0 Å². The van der Waals surface area contributed by atoms with Crippen LogP contribution in [0.4, 0.5) is 39.8 Å². The lowest BCUT2D eigenvalue weighted by molar-refractivity contribution is -0.432. The number of phenols is 1. The smallest absolute Gasteiger partial charge is 0.296 e. The summed E-state index contributed by atoms with van der Waals surface area (Å²) in [4.78, 5) is -0.360. The maximum Gasteiger partial charge on any atom is 0.296 e. The van der Waals surface area contributed by atoms with E-state index < -0.39 is 26.5 Å². The number of fused-ring (bicyclic) bond motifs is 1. The number of benzene rings is 4. The number of nitrogens with two attached hydrogens (primary N) is 3. The van der Waals surface area contributed by atoms with Gasteiger partial charge in [0.05, 0.1) is 29.1 Å². The highest BCUT2D eigenvalue weighted by molar-refractivity contribution is 7.94. The van der Waals surface area contributed by atoms with E-state index in [1.54, 1.807) is 37.3 Å². The second-order valence-electron chi connectivity index (χ2n) is 8.02. The summed E-state index contributed by atoms with van der Waals surface area (Å²) < 4.78 is 38.5. The second-order valence-corrected chi connectivity index (χ2v) is 10.2. The Bertz CT molecular complexity index is 1730. The van der Waals surface area contributed by atoms with E-state index in [9.17, 15) is 18.1 Å². The number of anilines is 3. The molecule has 39 heavy (non-hydrogen) atoms. The zero-order chi connectivity index (χ0) is 28.3. The first-order valence-electron chi connectivity index (χ1n) is 10.8. The minimum Gasteiger partial charge on any atom is -0.505 e. The van der Waals surface area contributed by atoms with Gasteiger partial charge in [-0.1, -0.05) is 5.04 Å². The van der Waals surface area contributed by atoms with Gasteiger partial charge in [0.2, 0.25) is 0 Å². The molecule has 0 aliphatic heterocycles. The van der Waals surface area contributed by atoms with Gasteiger partial charge in [0.1, 0.15) is 16.3 Å². The fraction of sp³-hybridized carbons (Fsp3) is 0.0435. The Hall–Kier alpha value is -4.32. The topological polar surface area (TPSA) is 241 Å². The fourth-order valence-electron chi connectivity index (χ4n) is 3.52. The highest BCUT2D eigenvalue weighted by Crippen LogP contribution is 2.46. The largest absolute Gasteiger partial charge is 0.505 e. The van der Waals surface area contributed by atoms with Gasteiger partial charge in [-0.05, 0) is 72.5 Å². The average molecular weight is 572 g/mol. The molecule has 0 unspecified atom stereocenters. The van der Waals surface area contributed by atoms with Crippen LogP contribution in [0.5, 0.6) is 5.75 Å². The Kier molecular flexibility index (Phi) is 7.95. The first-order valence-corrected chi connectivity index (χ1v) is 13.0. The maximum absolute atomic E-state index is 12.1. The molecule has 14 nitrogen and oxygen atoms in total. The number of aromatic hydroxyl groups is 1. The van der Waals surface area contributed by atoms with Gasteiger partial charge in [0, 0.05) is 21.7 Å². The van der Waals surface area contributed by atoms with Crippen molar-refractivity contribution in [1.82, 2.24) is 0 Å². The molecule has 0 saturated carbocycles. The quantitative estimate of drug-likeness (QED) is 0.0352. The molecule has 4 aromatic rings. The monoisotopic (exact) mass is 571 g/mol. The minimum absolute atomic E-state index is 0.0702. The first kappa shape index (κ1) is 27.7. The zero-order valence-corrected chi connectivity index (χ0v) is 21.6. The van der Waals surface area contributed by atoms with E-state index in [1.807, 2.05) is 0 Å². The van der Waals surface area contributed by atoms with Gasteiger partial charge >= 0.3 is 0 Å². The zero-order valence-electron chi connectivity index (χ0n) is 20.0. The van der Waals surface area contributed by atoms with Crippen LogP contribution >= 0.6 is 12.0 Å². The van der Waals surface area contributed by atoms with Crippen LogP contribution in [0, 0.1) is 6.92 Å². The minimum atomic E-state index is -4.85. The Balaban J connectivity index is 1.70. The predicted octanol–water partition coefficient (Wildman–Crippen LogP) is 6.11. The van der Waals surface area contributed by atoms with Crippen LogP contribution < -0.4 is 17.2 Å². The number of phenolic OH excluding ortho intramolecular Hbond substituents is 1. The van der Waals surface area contributed by atoms with E-state index in [-0.39, 0.29) is 22.1 Å². The third kappa shape index (κ3) is 6.06. The molecule has 0 spiro atoms. The van der Waals surface area contributed by atoms with Crippen LogP contribution in [0.15, 0.2) is 84.8 Å². The van der Waals surface area contributed by atoms with E-state index in [2.05, 4.69) is 29.8 Å². The molecule has 4 aromatic carbocycles. The van der Waals surface area contributed by atoms with Crippen molar-refractivity contribution in [2.45, 2.75) is 16.7 Å². The van der Waals surface area contributed by atoms with Gasteiger partial charge in [-0.15, -0.1) is 14.6 Å². The normalized spacial score (nSPS) is 12.2. The molecule has 0 fully saturated rings. The molecule has 16 heteroatoms. The number of rotatable bonds is 8. The van der Waals surface area contributed by atoms with E-state index in [0.29, 0.717) is 45.3 Å². The molecule has 0 aliphatic carbocycles. The molecular formula is C23H21N7O7S2. The summed E-state index contributed by atoms with van der Waals surface area (Å²) in [5.41, 5.74) is 19.8. The summed E-state index contributed by atoms with van der Waals surface area (Å²) in [7, 11) is -4.85. The molecule has 0 aromatic heterocycles. The molecule has 0 atom stereocenters. The Labute approximate surface area is 225 Å². The lowest BCUT2D eigenvalue weighted by Crippen LogP contribution is -2.01. The summed E-state index contributed by atoms with van der Waals surface area (Å²) in [6.45, 7) is 1.61. The van der Waals surface area contributed by atoms with Crippen molar-refractivity contribution in [3.8, 4) is 5.75 Å². The van der Waals surface area contributed by atoms with E-state index in [0.717, 1.165) is 6.07 Å². The predicted molar refractivity (Wildman–Crippen MR) is 145 cm³/mol. The van der Waals surface area contributed by atoms with Crippen molar-refractivity contribution < 1.29 is 32.7 Å². The van der Waals surface area contributed by atoms with E-state index in [1.165, 1.54) is 18.2 Å². The number of nitrogens with zero attached hydrogens (tertiary/aromatic N) is 4. The summed E-state index contributed by atoms with van der Waals surface area (Å²) in [6, 6.07) is 13.5. The Morgan fingerprint density at radius 1 is 0.897 bits per heavy atom. The summed E-state index contributed by atoms with van der Waals surface area (Å²) in [6.07, 6.45) is 0. The fourth-order valence-corrected chi connectivity index (χ4v) is 4.69. The standard InChI is InChI=1S/C23H21N7O7S2/c1-11-18(38-37-36-32)8-12-9-19(39(33,34)35)22(23(31)20(12)21(11)26)30-28-15-5-3-14(4-6-15)27-29-17-7-2-13(24)10-16(17)25/h2-10,31-32H,24-26H2,1H3,(H,33,34,35). The van der Waals surface area contributed by atoms with Gasteiger partial charge in [-0.3, -0.25) is 4.55 Å². The lowest BCUT2D eigenvalue weighted by atomic mass is 10.0. The van der Waals surface area contributed by atoms with Crippen molar-refractivity contribution in [1.29, 1.82) is 0 Å². The van der Waals surface area contributed by atoms with Crippen molar-refractivity contribution in [2.75, 3.05) is 17.2 Å². The van der Waals surface area contributed by atoms with E-state index in [4.69, 9.17) is 22.5 Å². The van der Waals surface area contributed by atoms with Gasteiger partial charge < -0.3 is 22.3 Å². The Morgan fingerprint density at radius 3 is 2.13 bits per heavy atom. The van der Waals surface area contributed by atoms with Crippen molar-refractivity contribution >= 4 is 72.7 Å². The third-order valence-electron chi connectivity index (χ3n) is 5.47. The molecule has 0 aliphatic rings. The van der Waals surface area contributed by atoms with Gasteiger partial charge in [0.25, 0.3) is 10.1 Å². The number of hydrogen-bond donors (Lipinski definition) is 6. The van der Waals surface area contributed by atoms with Crippen molar-refractivity contribution in [3.63, 3.8) is 0 Å². The molecule has 9 N–H and O–H groups in total. The van der Waals surface area contributed by atoms with Gasteiger partial charge in [-0.2, -0.15) is 18.6 Å². The van der Waals surface area contributed by atoms with Crippen LogP contribution in [0.3, 0.4) is 0 Å². The van der Waals surface area contributed by atoms with Gasteiger partial charge in [0.15, 0.2) is 5.75 Å². The third-order valence-corrected chi connectivity index (χ3v) is 7.07. The van der Waals surface area contributed by atoms with Crippen molar-refractivity contribution in [3.05, 3.63) is 60.2 Å². The molecule has 0 bridgehead atoms. The summed E-state index contributed by atoms with van der Waals surface area (Å²) in [5, 5.41) is 39.2. The first-order chi connectivity index (χ1) is 18.5. The highest BCUT2D eigenvalue weighted by atomic mass is 32.2. The lowest BCUT2D eigenvalue weighted by Gasteiger charge is -2.14. The molecule has 0 radical (unpaired) electrons. The molecule has 0 amide bonds. The Morgan fingerprint density at radius 2 is 1.54 bits per heavy atom.